The van der Waals surface area contributed by atoms with Crippen LogP contribution in [-0.4, -0.2) is 15.0 Å². The third kappa shape index (κ3) is 1.68. The molecule has 15 heavy (non-hydrogen) atoms. The lowest BCUT2D eigenvalue weighted by molar-refractivity contribution is 0.859. The molecule has 0 aliphatic carbocycles. The summed E-state index contributed by atoms with van der Waals surface area (Å²) in [5.41, 5.74) is 0.664. The maximum Gasteiger partial charge on any atom is 0.315 e. The Morgan fingerprint density at radius 3 is 2.53 bits per heavy atom. The van der Waals surface area contributed by atoms with Crippen molar-refractivity contribution in [2.45, 2.75) is 19.8 Å². The third-order valence-electron chi connectivity index (χ3n) is 2.26. The van der Waals surface area contributed by atoms with Crippen molar-refractivity contribution in [1.29, 1.82) is 0 Å². The van der Waals surface area contributed by atoms with Gasteiger partial charge in [0.1, 0.15) is 0 Å². The van der Waals surface area contributed by atoms with Gasteiger partial charge in [0.25, 0.3) is 0 Å². The van der Waals surface area contributed by atoms with E-state index in [0.717, 1.165) is 5.56 Å². The van der Waals surface area contributed by atoms with Gasteiger partial charge in [-0.25, -0.2) is 4.98 Å². The fourth-order valence-electron chi connectivity index (χ4n) is 1.33. The summed E-state index contributed by atoms with van der Waals surface area (Å²) in [5, 5.41) is 0. The van der Waals surface area contributed by atoms with E-state index in [9.17, 15) is 9.59 Å². The van der Waals surface area contributed by atoms with Crippen molar-refractivity contribution in [2.75, 3.05) is 0 Å². The first-order valence-electron chi connectivity index (χ1n) is 4.70. The number of hydrogen-bond acceptors (Lipinski definition) is 3. The normalized spacial score (nSPS) is 11.1. The molecule has 0 unspecified atom stereocenters. The topological polar surface area (TPSA) is 78.6 Å². The fourth-order valence-corrected chi connectivity index (χ4v) is 1.33. The molecule has 0 aliphatic heterocycles. The monoisotopic (exact) mass is 205 g/mol. The van der Waals surface area contributed by atoms with E-state index >= 15 is 0 Å². The fraction of sp³-hybridized carbons (Fsp3) is 0.300. The van der Waals surface area contributed by atoms with E-state index in [1.165, 1.54) is 0 Å². The van der Waals surface area contributed by atoms with Crippen molar-refractivity contribution in [3.05, 3.63) is 38.5 Å². The number of hydrogen-bond donors (Lipinski definition) is 2. The molecule has 2 rings (SSSR count). The Labute approximate surface area is 85.2 Å². The van der Waals surface area contributed by atoms with Gasteiger partial charge >= 0.3 is 11.1 Å². The van der Waals surface area contributed by atoms with Crippen LogP contribution in [0.25, 0.3) is 11.2 Å². The van der Waals surface area contributed by atoms with Crippen molar-refractivity contribution < 1.29 is 0 Å². The highest BCUT2D eigenvalue weighted by atomic mass is 16.2. The molecule has 0 amide bonds. The Morgan fingerprint density at radius 2 is 1.87 bits per heavy atom. The van der Waals surface area contributed by atoms with Gasteiger partial charge in [0.05, 0.1) is 5.52 Å². The lowest BCUT2D eigenvalue weighted by atomic mass is 10.1. The lowest BCUT2D eigenvalue weighted by Gasteiger charge is -2.04. The summed E-state index contributed by atoms with van der Waals surface area (Å²) in [6.07, 6.45) is 1.70. The number of H-pyrrole nitrogens is 2. The summed E-state index contributed by atoms with van der Waals surface area (Å²) in [4.78, 5) is 31.1. The second-order valence-electron chi connectivity index (χ2n) is 3.73. The maximum absolute atomic E-state index is 11.1. The average molecular weight is 205 g/mol. The van der Waals surface area contributed by atoms with Crippen molar-refractivity contribution in [1.82, 2.24) is 15.0 Å². The Bertz CT molecular complexity index is 610. The van der Waals surface area contributed by atoms with E-state index in [1.807, 2.05) is 19.9 Å². The molecule has 2 heterocycles. The number of aromatic amines is 2. The van der Waals surface area contributed by atoms with Crippen LogP contribution in [0.3, 0.4) is 0 Å². The summed E-state index contributed by atoms with van der Waals surface area (Å²) in [7, 11) is 0. The van der Waals surface area contributed by atoms with E-state index in [4.69, 9.17) is 0 Å². The summed E-state index contributed by atoms with van der Waals surface area (Å²) in [6.45, 7) is 4.07. The molecule has 0 spiro atoms. The van der Waals surface area contributed by atoms with Gasteiger partial charge in [-0.3, -0.25) is 9.59 Å². The molecule has 2 aromatic heterocycles. The lowest BCUT2D eigenvalue weighted by Crippen LogP contribution is -2.29. The van der Waals surface area contributed by atoms with Crippen LogP contribution < -0.4 is 11.1 Å². The van der Waals surface area contributed by atoms with E-state index < -0.39 is 11.1 Å². The Balaban J connectivity index is 2.77. The van der Waals surface area contributed by atoms with Crippen LogP contribution in [-0.2, 0) is 0 Å². The van der Waals surface area contributed by atoms with Crippen LogP contribution in [0.1, 0.15) is 25.3 Å². The van der Waals surface area contributed by atoms with Gasteiger partial charge in [0.2, 0.25) is 0 Å². The van der Waals surface area contributed by atoms with Crippen LogP contribution in [0.5, 0.6) is 0 Å². The third-order valence-corrected chi connectivity index (χ3v) is 2.26. The molecular formula is C10H11N3O2. The molecule has 5 nitrogen and oxygen atoms in total. The SMILES string of the molecule is CC(C)c1cnc2[nH]c(=O)c(=O)[nH]c2c1. The first kappa shape index (κ1) is 9.64. The molecule has 0 aliphatic rings. The van der Waals surface area contributed by atoms with Gasteiger partial charge in [-0.05, 0) is 17.5 Å². The highest BCUT2D eigenvalue weighted by Gasteiger charge is 2.04. The van der Waals surface area contributed by atoms with E-state index in [-0.39, 0.29) is 0 Å². The average Bonchev–Trinajstić information content (AvgIpc) is 2.19. The van der Waals surface area contributed by atoms with Gasteiger partial charge in [-0.1, -0.05) is 13.8 Å². The van der Waals surface area contributed by atoms with E-state index in [2.05, 4.69) is 15.0 Å². The first-order chi connectivity index (χ1) is 7.08. The smallest absolute Gasteiger partial charge is 0.315 e. The minimum Gasteiger partial charge on any atom is -0.315 e. The first-order valence-corrected chi connectivity index (χ1v) is 4.70. The molecule has 2 N–H and O–H groups in total. The molecule has 0 aromatic carbocycles. The largest absolute Gasteiger partial charge is 0.315 e. The van der Waals surface area contributed by atoms with E-state index in [0.29, 0.717) is 17.1 Å². The molecular weight excluding hydrogens is 194 g/mol. The van der Waals surface area contributed by atoms with Crippen molar-refractivity contribution in [3.8, 4) is 0 Å². The van der Waals surface area contributed by atoms with E-state index in [1.54, 1.807) is 6.20 Å². The summed E-state index contributed by atoms with van der Waals surface area (Å²) in [5.74, 6) is 0.331. The van der Waals surface area contributed by atoms with Crippen LogP contribution in [0.2, 0.25) is 0 Å². The summed E-state index contributed by atoms with van der Waals surface area (Å²) >= 11 is 0. The molecule has 5 heteroatoms. The minimum absolute atomic E-state index is 0.331. The predicted molar refractivity (Wildman–Crippen MR) is 57.1 cm³/mol. The standard InChI is InChI=1S/C10H11N3O2/c1-5(2)6-3-7-8(11-4-6)13-10(15)9(14)12-7/h3-5H,1-2H3,(H,12,14)(H,11,13,15). The Hall–Kier alpha value is -1.91. The molecule has 0 bridgehead atoms. The zero-order valence-corrected chi connectivity index (χ0v) is 8.50. The highest BCUT2D eigenvalue weighted by Crippen LogP contribution is 2.15. The molecule has 0 radical (unpaired) electrons. The zero-order chi connectivity index (χ0) is 11.0. The molecule has 0 atom stereocenters. The summed E-state index contributed by atoms with van der Waals surface area (Å²) in [6, 6.07) is 1.82. The van der Waals surface area contributed by atoms with Crippen molar-refractivity contribution in [2.24, 2.45) is 0 Å². The zero-order valence-electron chi connectivity index (χ0n) is 8.50. The van der Waals surface area contributed by atoms with Gasteiger partial charge in [-0.15, -0.1) is 0 Å². The van der Waals surface area contributed by atoms with Gasteiger partial charge in [-0.2, -0.15) is 0 Å². The second kappa shape index (κ2) is 3.34. The van der Waals surface area contributed by atoms with Gasteiger partial charge < -0.3 is 9.97 Å². The number of pyridine rings is 1. The maximum atomic E-state index is 11.1. The van der Waals surface area contributed by atoms with Gasteiger partial charge in [0, 0.05) is 6.20 Å². The number of rotatable bonds is 1. The van der Waals surface area contributed by atoms with Crippen LogP contribution in [0.4, 0.5) is 0 Å². The second-order valence-corrected chi connectivity index (χ2v) is 3.73. The van der Waals surface area contributed by atoms with Crippen LogP contribution in [0, 0.1) is 0 Å². The minimum atomic E-state index is -0.674. The molecule has 0 fully saturated rings. The van der Waals surface area contributed by atoms with Crippen LogP contribution in [0.15, 0.2) is 21.9 Å². The van der Waals surface area contributed by atoms with Crippen LogP contribution >= 0.6 is 0 Å². The molecule has 0 saturated heterocycles. The Morgan fingerprint density at radius 1 is 1.20 bits per heavy atom. The molecule has 0 saturated carbocycles. The summed E-state index contributed by atoms with van der Waals surface area (Å²) < 4.78 is 0. The number of nitrogens with one attached hydrogen (secondary N) is 2. The highest BCUT2D eigenvalue weighted by molar-refractivity contribution is 5.69. The quantitative estimate of drug-likeness (QED) is 0.674. The number of fused-ring (bicyclic) bond motifs is 1. The van der Waals surface area contributed by atoms with Gasteiger partial charge in [0.15, 0.2) is 5.65 Å². The molecule has 78 valence electrons. The Kier molecular flexibility index (Phi) is 2.15. The molecule has 2 aromatic rings. The van der Waals surface area contributed by atoms with Crippen molar-refractivity contribution >= 4 is 11.2 Å². The predicted octanol–water partition coefficient (Wildman–Crippen LogP) is 0.735. The van der Waals surface area contributed by atoms with Crippen molar-refractivity contribution in [3.63, 3.8) is 0 Å². The number of aromatic nitrogens is 3. The number of nitrogens with zero attached hydrogens (tertiary/aromatic N) is 1.